The van der Waals surface area contributed by atoms with Crippen molar-refractivity contribution < 1.29 is 4.79 Å². The SMILES string of the molecule is CC.CCc1ccccc1NC(N)=O. The molecule has 0 unspecified atom stereocenters. The number of urea groups is 1. The van der Waals surface area contributed by atoms with E-state index in [9.17, 15) is 4.79 Å². The van der Waals surface area contributed by atoms with Crippen molar-refractivity contribution in [2.24, 2.45) is 5.73 Å². The number of hydrogen-bond donors (Lipinski definition) is 2. The van der Waals surface area contributed by atoms with Crippen molar-refractivity contribution >= 4 is 11.7 Å². The molecule has 0 aliphatic carbocycles. The molecule has 0 saturated carbocycles. The number of carbonyl (C=O) groups is 1. The van der Waals surface area contributed by atoms with Gasteiger partial charge in [0, 0.05) is 5.69 Å². The number of primary amides is 1. The standard InChI is InChI=1S/C9H12N2O.C2H6/c1-2-7-5-3-4-6-8(7)11-9(10)12;1-2/h3-6H,2H2,1H3,(H3,10,11,12);1-2H3. The van der Waals surface area contributed by atoms with Gasteiger partial charge >= 0.3 is 6.03 Å². The summed E-state index contributed by atoms with van der Waals surface area (Å²) >= 11 is 0. The summed E-state index contributed by atoms with van der Waals surface area (Å²) in [5.74, 6) is 0. The van der Waals surface area contributed by atoms with Crippen molar-refractivity contribution in [2.75, 3.05) is 5.32 Å². The molecule has 0 aromatic heterocycles. The number of nitrogens with one attached hydrogen (secondary N) is 1. The van der Waals surface area contributed by atoms with Crippen LogP contribution in [0.3, 0.4) is 0 Å². The monoisotopic (exact) mass is 194 g/mol. The first-order valence-electron chi connectivity index (χ1n) is 4.88. The molecule has 0 radical (unpaired) electrons. The summed E-state index contributed by atoms with van der Waals surface area (Å²) in [5, 5.41) is 2.56. The largest absolute Gasteiger partial charge is 0.351 e. The minimum absolute atomic E-state index is 0.518. The molecule has 2 amide bonds. The van der Waals surface area contributed by atoms with Gasteiger partial charge in [-0.05, 0) is 18.1 Å². The molecule has 14 heavy (non-hydrogen) atoms. The lowest BCUT2D eigenvalue weighted by Crippen LogP contribution is -2.20. The average molecular weight is 194 g/mol. The van der Waals surface area contributed by atoms with Crippen LogP contribution in [0, 0.1) is 0 Å². The van der Waals surface area contributed by atoms with Gasteiger partial charge in [0.25, 0.3) is 0 Å². The number of carbonyl (C=O) groups excluding carboxylic acids is 1. The predicted octanol–water partition coefficient (Wildman–Crippen LogP) is 2.77. The molecule has 0 spiro atoms. The van der Waals surface area contributed by atoms with Crippen molar-refractivity contribution in [3.05, 3.63) is 29.8 Å². The molecule has 3 N–H and O–H groups in total. The number of rotatable bonds is 2. The van der Waals surface area contributed by atoms with E-state index in [1.165, 1.54) is 0 Å². The normalized spacial score (nSPS) is 8.50. The Morgan fingerprint density at radius 2 is 1.93 bits per heavy atom. The summed E-state index contributed by atoms with van der Waals surface area (Å²) in [6.45, 7) is 6.03. The number of nitrogens with two attached hydrogens (primary N) is 1. The van der Waals surface area contributed by atoms with Crippen LogP contribution in [0.5, 0.6) is 0 Å². The van der Waals surface area contributed by atoms with E-state index in [-0.39, 0.29) is 0 Å². The first-order valence-corrected chi connectivity index (χ1v) is 4.88. The van der Waals surface area contributed by atoms with Gasteiger partial charge in [-0.1, -0.05) is 39.0 Å². The van der Waals surface area contributed by atoms with Gasteiger partial charge in [-0.2, -0.15) is 0 Å². The maximum Gasteiger partial charge on any atom is 0.316 e. The Balaban J connectivity index is 0.000000791. The molecule has 3 nitrogen and oxygen atoms in total. The molecule has 0 aliphatic rings. The number of hydrogen-bond acceptors (Lipinski definition) is 1. The highest BCUT2D eigenvalue weighted by atomic mass is 16.2. The van der Waals surface area contributed by atoms with E-state index in [0.29, 0.717) is 0 Å². The topological polar surface area (TPSA) is 55.1 Å². The van der Waals surface area contributed by atoms with Crippen LogP contribution in [-0.4, -0.2) is 6.03 Å². The number of anilines is 1. The van der Waals surface area contributed by atoms with Gasteiger partial charge in [0.05, 0.1) is 0 Å². The highest BCUT2D eigenvalue weighted by Crippen LogP contribution is 2.14. The van der Waals surface area contributed by atoms with E-state index >= 15 is 0 Å². The molecular formula is C11H18N2O. The average Bonchev–Trinajstić information content (AvgIpc) is 2.21. The second-order valence-corrected chi connectivity index (χ2v) is 2.50. The number of benzene rings is 1. The number of amides is 2. The Hall–Kier alpha value is -1.51. The van der Waals surface area contributed by atoms with Gasteiger partial charge in [0.15, 0.2) is 0 Å². The van der Waals surface area contributed by atoms with E-state index in [4.69, 9.17) is 5.73 Å². The molecule has 0 atom stereocenters. The zero-order valence-corrected chi connectivity index (χ0v) is 9.00. The van der Waals surface area contributed by atoms with Gasteiger partial charge in [-0.25, -0.2) is 4.79 Å². The Labute approximate surface area is 85.3 Å². The van der Waals surface area contributed by atoms with Gasteiger partial charge in [-0.15, -0.1) is 0 Å². The van der Waals surface area contributed by atoms with Crippen molar-refractivity contribution in [3.63, 3.8) is 0 Å². The van der Waals surface area contributed by atoms with Crippen molar-refractivity contribution in [3.8, 4) is 0 Å². The van der Waals surface area contributed by atoms with Crippen LogP contribution in [-0.2, 0) is 6.42 Å². The molecule has 78 valence electrons. The highest BCUT2D eigenvalue weighted by Gasteiger charge is 1.99. The molecule has 1 aromatic carbocycles. The van der Waals surface area contributed by atoms with E-state index in [1.807, 2.05) is 45.0 Å². The molecule has 3 heteroatoms. The molecular weight excluding hydrogens is 176 g/mol. The number of aryl methyl sites for hydroxylation is 1. The first-order chi connectivity index (χ1) is 6.74. The zero-order chi connectivity index (χ0) is 11.0. The van der Waals surface area contributed by atoms with E-state index in [2.05, 4.69) is 5.32 Å². The maximum atomic E-state index is 10.5. The van der Waals surface area contributed by atoms with Crippen LogP contribution in [0.25, 0.3) is 0 Å². The third kappa shape index (κ3) is 3.94. The van der Waals surface area contributed by atoms with Gasteiger partial charge in [0.1, 0.15) is 0 Å². The lowest BCUT2D eigenvalue weighted by atomic mass is 10.1. The molecule has 0 heterocycles. The molecule has 0 bridgehead atoms. The zero-order valence-electron chi connectivity index (χ0n) is 9.00. The van der Waals surface area contributed by atoms with Crippen molar-refractivity contribution in [1.82, 2.24) is 0 Å². The fourth-order valence-electron chi connectivity index (χ4n) is 1.08. The Morgan fingerprint density at radius 3 is 2.43 bits per heavy atom. The fraction of sp³-hybridized carbons (Fsp3) is 0.364. The van der Waals surface area contributed by atoms with E-state index in [1.54, 1.807) is 0 Å². The van der Waals surface area contributed by atoms with Gasteiger partial charge in [-0.3, -0.25) is 0 Å². The summed E-state index contributed by atoms with van der Waals surface area (Å²) in [5.41, 5.74) is 6.89. The van der Waals surface area contributed by atoms with Crippen LogP contribution < -0.4 is 11.1 Å². The third-order valence-electron chi connectivity index (χ3n) is 1.66. The van der Waals surface area contributed by atoms with Crippen LogP contribution in [0.2, 0.25) is 0 Å². The van der Waals surface area contributed by atoms with Crippen LogP contribution in [0.1, 0.15) is 26.3 Å². The van der Waals surface area contributed by atoms with Crippen molar-refractivity contribution in [2.45, 2.75) is 27.2 Å². The minimum Gasteiger partial charge on any atom is -0.351 e. The second-order valence-electron chi connectivity index (χ2n) is 2.50. The number of para-hydroxylation sites is 1. The molecule has 0 aliphatic heterocycles. The summed E-state index contributed by atoms with van der Waals surface area (Å²) < 4.78 is 0. The molecule has 1 rings (SSSR count). The lowest BCUT2D eigenvalue weighted by molar-refractivity contribution is 0.259. The summed E-state index contributed by atoms with van der Waals surface area (Å²) in [6.07, 6.45) is 0.885. The summed E-state index contributed by atoms with van der Waals surface area (Å²) in [7, 11) is 0. The smallest absolute Gasteiger partial charge is 0.316 e. The minimum atomic E-state index is -0.518. The Kier molecular flexibility index (Phi) is 6.20. The highest BCUT2D eigenvalue weighted by molar-refractivity contribution is 5.88. The fourth-order valence-corrected chi connectivity index (χ4v) is 1.08. The van der Waals surface area contributed by atoms with Crippen molar-refractivity contribution in [1.29, 1.82) is 0 Å². The van der Waals surface area contributed by atoms with Crippen LogP contribution in [0.4, 0.5) is 10.5 Å². The van der Waals surface area contributed by atoms with Gasteiger partial charge < -0.3 is 11.1 Å². The molecule has 0 fully saturated rings. The first kappa shape index (κ1) is 12.5. The summed E-state index contributed by atoms with van der Waals surface area (Å²) in [6, 6.07) is 7.08. The lowest BCUT2D eigenvalue weighted by Gasteiger charge is -2.06. The molecule has 1 aromatic rings. The second kappa shape index (κ2) is 6.95. The van der Waals surface area contributed by atoms with E-state index in [0.717, 1.165) is 17.7 Å². The predicted molar refractivity (Wildman–Crippen MR) is 60.4 cm³/mol. The quantitative estimate of drug-likeness (QED) is 0.747. The Morgan fingerprint density at radius 1 is 1.36 bits per heavy atom. The van der Waals surface area contributed by atoms with Gasteiger partial charge in [0.2, 0.25) is 0 Å². The van der Waals surface area contributed by atoms with Crippen LogP contribution >= 0.6 is 0 Å². The Bertz CT molecular complexity index is 284. The molecule has 0 saturated heterocycles. The van der Waals surface area contributed by atoms with Crippen LogP contribution in [0.15, 0.2) is 24.3 Å². The van der Waals surface area contributed by atoms with E-state index < -0.39 is 6.03 Å². The maximum absolute atomic E-state index is 10.5. The third-order valence-corrected chi connectivity index (χ3v) is 1.66. The summed E-state index contributed by atoms with van der Waals surface area (Å²) in [4.78, 5) is 10.5.